The van der Waals surface area contributed by atoms with E-state index in [9.17, 15) is 4.79 Å². The van der Waals surface area contributed by atoms with Gasteiger partial charge >= 0.3 is 0 Å². The molecule has 1 N–H and O–H groups in total. The van der Waals surface area contributed by atoms with Gasteiger partial charge in [0.25, 0.3) is 0 Å². The summed E-state index contributed by atoms with van der Waals surface area (Å²) in [5.74, 6) is 1.48. The molecule has 3 aromatic carbocycles. The fourth-order valence-electron chi connectivity index (χ4n) is 3.18. The molecule has 0 aliphatic carbocycles. The van der Waals surface area contributed by atoms with Crippen LogP contribution in [0.1, 0.15) is 35.1 Å². The molecule has 1 amide bonds. The molecule has 0 aliphatic heterocycles. The van der Waals surface area contributed by atoms with Crippen LogP contribution >= 0.6 is 11.6 Å². The van der Waals surface area contributed by atoms with Crippen LogP contribution < -0.4 is 14.9 Å². The minimum Gasteiger partial charge on any atom is -0.497 e. The molecule has 0 heterocycles. The number of amides is 1. The highest BCUT2D eigenvalue weighted by Gasteiger charge is 2.04. The lowest BCUT2D eigenvalue weighted by Gasteiger charge is -2.08. The summed E-state index contributed by atoms with van der Waals surface area (Å²) in [4.78, 5) is 12.0. The summed E-state index contributed by atoms with van der Waals surface area (Å²) in [5.41, 5.74) is 6.77. The van der Waals surface area contributed by atoms with E-state index in [4.69, 9.17) is 21.1 Å². The van der Waals surface area contributed by atoms with E-state index >= 15 is 0 Å². The molecule has 3 rings (SSSR count). The first-order chi connectivity index (χ1) is 15.5. The van der Waals surface area contributed by atoms with Crippen LogP contribution in [0.15, 0.2) is 71.8 Å². The molecule has 0 saturated carbocycles. The second kappa shape index (κ2) is 11.9. The molecule has 6 heteroatoms. The largest absolute Gasteiger partial charge is 0.497 e. The summed E-state index contributed by atoms with van der Waals surface area (Å²) >= 11 is 6.14. The number of rotatable bonds is 10. The first kappa shape index (κ1) is 23.4. The summed E-state index contributed by atoms with van der Waals surface area (Å²) in [7, 11) is 1.66. The van der Waals surface area contributed by atoms with E-state index in [0.29, 0.717) is 18.1 Å². The summed E-state index contributed by atoms with van der Waals surface area (Å²) < 4.78 is 11.0. The normalized spacial score (nSPS) is 10.8. The molecular weight excluding hydrogens is 424 g/mol. The molecule has 0 aromatic heterocycles. The number of hydrogen-bond donors (Lipinski definition) is 1. The Kier molecular flexibility index (Phi) is 8.70. The van der Waals surface area contributed by atoms with Crippen molar-refractivity contribution < 1.29 is 14.3 Å². The Morgan fingerprint density at radius 1 is 1.03 bits per heavy atom. The molecule has 3 aromatic rings. The maximum absolute atomic E-state index is 12.0. The van der Waals surface area contributed by atoms with Gasteiger partial charge in [0, 0.05) is 17.0 Å². The Morgan fingerprint density at radius 2 is 1.78 bits per heavy atom. The monoisotopic (exact) mass is 450 g/mol. The van der Waals surface area contributed by atoms with E-state index in [-0.39, 0.29) is 5.91 Å². The highest BCUT2D eigenvalue weighted by Crippen LogP contribution is 2.19. The first-order valence-electron chi connectivity index (χ1n) is 10.5. The minimum absolute atomic E-state index is 0.105. The summed E-state index contributed by atoms with van der Waals surface area (Å²) in [6, 6.07) is 21.1. The van der Waals surface area contributed by atoms with Gasteiger partial charge in [-0.05, 0) is 78.9 Å². The predicted octanol–water partition coefficient (Wildman–Crippen LogP) is 5.71. The molecule has 0 fully saturated rings. The number of hydrogen-bond acceptors (Lipinski definition) is 4. The fourth-order valence-corrected chi connectivity index (χ4v) is 3.37. The van der Waals surface area contributed by atoms with Gasteiger partial charge in [0.05, 0.1) is 13.3 Å². The number of ether oxygens (including phenoxy) is 2. The number of hydrazone groups is 1. The summed E-state index contributed by atoms with van der Waals surface area (Å²) in [6.07, 6.45) is 3.62. The van der Waals surface area contributed by atoms with Crippen molar-refractivity contribution in [1.29, 1.82) is 0 Å². The Hall–Kier alpha value is -3.31. The zero-order chi connectivity index (χ0) is 22.8. The van der Waals surface area contributed by atoms with Gasteiger partial charge in [-0.15, -0.1) is 0 Å². The molecule has 32 heavy (non-hydrogen) atoms. The Balaban J connectivity index is 1.39. The quantitative estimate of drug-likeness (QED) is 0.318. The van der Waals surface area contributed by atoms with Crippen LogP contribution in [0.2, 0.25) is 5.02 Å². The standard InChI is InChI=1S/C26H27ClN2O3/c1-19-16-24(31-2)15-12-21(19)7-5-9-26(30)29-28-17-20-10-13-23(14-11-20)32-18-22-6-3-4-8-25(22)27/h3-4,6,8,10-17H,5,7,9,18H2,1-2H3,(H,29,30)/b28-17-. The number of nitrogens with one attached hydrogen (secondary N) is 1. The van der Waals surface area contributed by atoms with Crippen LogP contribution in [-0.2, 0) is 17.8 Å². The maximum atomic E-state index is 12.0. The highest BCUT2D eigenvalue weighted by atomic mass is 35.5. The van der Waals surface area contributed by atoms with E-state index in [2.05, 4.69) is 17.5 Å². The van der Waals surface area contributed by atoms with E-state index in [1.165, 1.54) is 11.1 Å². The van der Waals surface area contributed by atoms with Crippen molar-refractivity contribution in [2.75, 3.05) is 7.11 Å². The second-order valence-electron chi connectivity index (χ2n) is 7.39. The van der Waals surface area contributed by atoms with Gasteiger partial charge in [0.2, 0.25) is 5.91 Å². The predicted molar refractivity (Wildman–Crippen MR) is 129 cm³/mol. The van der Waals surface area contributed by atoms with Crippen LogP contribution in [0.3, 0.4) is 0 Å². The van der Waals surface area contributed by atoms with Gasteiger partial charge in [-0.25, -0.2) is 5.43 Å². The van der Waals surface area contributed by atoms with E-state index in [0.717, 1.165) is 35.5 Å². The number of halogens is 1. The molecule has 0 aliphatic rings. The highest BCUT2D eigenvalue weighted by molar-refractivity contribution is 6.31. The summed E-state index contributed by atoms with van der Waals surface area (Å²) in [5, 5.41) is 4.73. The third kappa shape index (κ3) is 7.13. The van der Waals surface area contributed by atoms with Crippen molar-refractivity contribution >= 4 is 23.7 Å². The van der Waals surface area contributed by atoms with E-state index < -0.39 is 0 Å². The van der Waals surface area contributed by atoms with Crippen LogP contribution in [0.4, 0.5) is 0 Å². The molecule has 0 saturated heterocycles. The molecule has 166 valence electrons. The molecule has 0 unspecified atom stereocenters. The van der Waals surface area contributed by atoms with Gasteiger partial charge in [0.1, 0.15) is 18.1 Å². The van der Waals surface area contributed by atoms with Crippen LogP contribution in [0, 0.1) is 6.92 Å². The average molecular weight is 451 g/mol. The minimum atomic E-state index is -0.105. The number of benzene rings is 3. The Morgan fingerprint density at radius 3 is 2.50 bits per heavy atom. The van der Waals surface area contributed by atoms with Crippen molar-refractivity contribution in [3.05, 3.63) is 94.0 Å². The third-order valence-electron chi connectivity index (χ3n) is 5.03. The summed E-state index contributed by atoms with van der Waals surface area (Å²) in [6.45, 7) is 2.45. The lowest BCUT2D eigenvalue weighted by Crippen LogP contribution is -2.17. The molecule has 5 nitrogen and oxygen atoms in total. The lowest BCUT2D eigenvalue weighted by atomic mass is 10.0. The van der Waals surface area contributed by atoms with Crippen molar-refractivity contribution in [3.63, 3.8) is 0 Å². The fraction of sp³-hybridized carbons (Fsp3) is 0.231. The van der Waals surface area contributed by atoms with Gasteiger partial charge in [-0.2, -0.15) is 5.10 Å². The Labute approximate surface area is 194 Å². The number of carbonyl (C=O) groups is 1. The van der Waals surface area contributed by atoms with E-state index in [1.807, 2.05) is 66.7 Å². The van der Waals surface area contributed by atoms with Gasteiger partial charge in [-0.1, -0.05) is 35.9 Å². The molecule has 0 bridgehead atoms. The van der Waals surface area contributed by atoms with Crippen LogP contribution in [0.5, 0.6) is 11.5 Å². The zero-order valence-electron chi connectivity index (χ0n) is 18.3. The molecular formula is C26H27ClN2O3. The van der Waals surface area contributed by atoms with E-state index in [1.54, 1.807) is 13.3 Å². The van der Waals surface area contributed by atoms with Crippen molar-refractivity contribution in [2.24, 2.45) is 5.10 Å². The average Bonchev–Trinajstić information content (AvgIpc) is 2.80. The van der Waals surface area contributed by atoms with Gasteiger partial charge < -0.3 is 9.47 Å². The van der Waals surface area contributed by atoms with Gasteiger partial charge in [-0.3, -0.25) is 4.79 Å². The Bertz CT molecular complexity index is 1060. The van der Waals surface area contributed by atoms with Crippen molar-refractivity contribution in [2.45, 2.75) is 32.8 Å². The van der Waals surface area contributed by atoms with Crippen LogP contribution in [0.25, 0.3) is 0 Å². The van der Waals surface area contributed by atoms with Crippen molar-refractivity contribution in [1.82, 2.24) is 5.43 Å². The van der Waals surface area contributed by atoms with Crippen molar-refractivity contribution in [3.8, 4) is 11.5 Å². The maximum Gasteiger partial charge on any atom is 0.240 e. The van der Waals surface area contributed by atoms with Crippen LogP contribution in [-0.4, -0.2) is 19.2 Å². The molecule has 0 spiro atoms. The SMILES string of the molecule is COc1ccc(CCCC(=O)N/N=C\c2ccc(OCc3ccccc3Cl)cc2)c(C)c1. The topological polar surface area (TPSA) is 59.9 Å². The number of carbonyl (C=O) groups excluding carboxylic acids is 1. The smallest absolute Gasteiger partial charge is 0.240 e. The molecule has 0 atom stereocenters. The second-order valence-corrected chi connectivity index (χ2v) is 7.80. The third-order valence-corrected chi connectivity index (χ3v) is 5.40. The first-order valence-corrected chi connectivity index (χ1v) is 10.8. The number of aryl methyl sites for hydroxylation is 2. The number of nitrogens with zero attached hydrogens (tertiary/aromatic N) is 1. The lowest BCUT2D eigenvalue weighted by molar-refractivity contribution is -0.121. The zero-order valence-corrected chi connectivity index (χ0v) is 19.1. The number of methoxy groups -OCH3 is 1. The molecule has 0 radical (unpaired) electrons. The van der Waals surface area contributed by atoms with Gasteiger partial charge in [0.15, 0.2) is 0 Å².